The summed E-state index contributed by atoms with van der Waals surface area (Å²) in [6.45, 7) is 11.9. The van der Waals surface area contributed by atoms with Gasteiger partial charge in [0.2, 0.25) is 0 Å². The van der Waals surface area contributed by atoms with Crippen LogP contribution >= 0.6 is 0 Å². The van der Waals surface area contributed by atoms with Crippen LogP contribution in [0.5, 0.6) is 0 Å². The Morgan fingerprint density at radius 1 is 0.762 bits per heavy atom. The van der Waals surface area contributed by atoms with Gasteiger partial charge in [0.1, 0.15) is 17.6 Å². The standard InChI is InChI=1S/C17H32O4/c1-7-11-16(5,9-3)20-14(18)13-15(19)21-17(6,10-4)12-8-2/h7-13H2,1-6H3. The maximum atomic E-state index is 11.9. The van der Waals surface area contributed by atoms with Crippen molar-refractivity contribution in [3.63, 3.8) is 0 Å². The van der Waals surface area contributed by atoms with Gasteiger partial charge in [-0.05, 0) is 39.5 Å². The number of hydrogen-bond acceptors (Lipinski definition) is 4. The summed E-state index contributed by atoms with van der Waals surface area (Å²) < 4.78 is 10.9. The predicted octanol–water partition coefficient (Wildman–Crippen LogP) is 4.40. The molecule has 21 heavy (non-hydrogen) atoms. The van der Waals surface area contributed by atoms with E-state index < -0.39 is 23.1 Å². The Hall–Kier alpha value is -1.06. The summed E-state index contributed by atoms with van der Waals surface area (Å²) in [5, 5.41) is 0. The molecule has 2 atom stereocenters. The fraction of sp³-hybridized carbons (Fsp3) is 0.882. The first kappa shape index (κ1) is 19.9. The number of rotatable bonds is 10. The summed E-state index contributed by atoms with van der Waals surface area (Å²) in [4.78, 5) is 23.8. The van der Waals surface area contributed by atoms with Crippen molar-refractivity contribution in [1.82, 2.24) is 0 Å². The van der Waals surface area contributed by atoms with E-state index in [9.17, 15) is 9.59 Å². The summed E-state index contributed by atoms with van der Waals surface area (Å²) in [7, 11) is 0. The van der Waals surface area contributed by atoms with Gasteiger partial charge in [-0.1, -0.05) is 40.5 Å². The summed E-state index contributed by atoms with van der Waals surface area (Å²) >= 11 is 0. The predicted molar refractivity (Wildman–Crippen MR) is 84.0 cm³/mol. The van der Waals surface area contributed by atoms with Gasteiger partial charge < -0.3 is 9.47 Å². The molecular weight excluding hydrogens is 268 g/mol. The van der Waals surface area contributed by atoms with Crippen molar-refractivity contribution in [2.45, 2.75) is 97.7 Å². The lowest BCUT2D eigenvalue weighted by molar-refractivity contribution is -0.171. The number of carbonyl (C=O) groups excluding carboxylic acids is 2. The molecule has 0 fully saturated rings. The van der Waals surface area contributed by atoms with Crippen LogP contribution in [0.25, 0.3) is 0 Å². The molecule has 0 aliphatic heterocycles. The molecule has 0 N–H and O–H groups in total. The summed E-state index contributed by atoms with van der Waals surface area (Å²) in [5.74, 6) is -0.986. The molecule has 0 bridgehead atoms. The van der Waals surface area contributed by atoms with Gasteiger partial charge in [-0.3, -0.25) is 9.59 Å². The maximum Gasteiger partial charge on any atom is 0.317 e. The smallest absolute Gasteiger partial charge is 0.317 e. The lowest BCUT2D eigenvalue weighted by Gasteiger charge is -2.29. The normalized spacial score (nSPS) is 16.7. The Labute approximate surface area is 129 Å². The van der Waals surface area contributed by atoms with Crippen molar-refractivity contribution >= 4 is 11.9 Å². The molecule has 0 amide bonds. The first-order chi connectivity index (χ1) is 9.74. The fourth-order valence-electron chi connectivity index (χ4n) is 2.40. The molecule has 124 valence electrons. The molecule has 0 aromatic heterocycles. The van der Waals surface area contributed by atoms with Gasteiger partial charge in [0.25, 0.3) is 0 Å². The average molecular weight is 300 g/mol. The average Bonchev–Trinajstić information content (AvgIpc) is 2.38. The second kappa shape index (κ2) is 9.06. The Balaban J connectivity index is 4.48. The molecule has 2 unspecified atom stereocenters. The highest BCUT2D eigenvalue weighted by Crippen LogP contribution is 2.24. The summed E-state index contributed by atoms with van der Waals surface area (Å²) in [5.41, 5.74) is -0.965. The molecular formula is C17H32O4. The first-order valence-electron chi connectivity index (χ1n) is 8.17. The van der Waals surface area contributed by atoms with Crippen molar-refractivity contribution in [1.29, 1.82) is 0 Å². The monoisotopic (exact) mass is 300 g/mol. The molecule has 0 saturated heterocycles. The van der Waals surface area contributed by atoms with Gasteiger partial charge in [-0.15, -0.1) is 0 Å². The minimum Gasteiger partial charge on any atom is -0.459 e. The zero-order valence-corrected chi connectivity index (χ0v) is 14.6. The molecule has 0 rings (SSSR count). The molecule has 4 nitrogen and oxygen atoms in total. The van der Waals surface area contributed by atoms with Crippen molar-refractivity contribution in [3.8, 4) is 0 Å². The van der Waals surface area contributed by atoms with Crippen LogP contribution in [0.1, 0.15) is 86.5 Å². The quantitative estimate of drug-likeness (QED) is 0.443. The van der Waals surface area contributed by atoms with Gasteiger partial charge in [-0.25, -0.2) is 0 Å². The molecule has 0 saturated carbocycles. The number of carbonyl (C=O) groups is 2. The minimum atomic E-state index is -0.493. The van der Waals surface area contributed by atoms with Crippen LogP contribution in [0.15, 0.2) is 0 Å². The third-order valence-corrected chi connectivity index (χ3v) is 4.06. The van der Waals surface area contributed by atoms with E-state index in [4.69, 9.17) is 9.47 Å². The zero-order valence-electron chi connectivity index (χ0n) is 14.6. The molecule has 0 aromatic carbocycles. The lowest BCUT2D eigenvalue weighted by atomic mass is 9.97. The van der Waals surface area contributed by atoms with E-state index >= 15 is 0 Å². The van der Waals surface area contributed by atoms with E-state index in [0.29, 0.717) is 0 Å². The van der Waals surface area contributed by atoms with E-state index in [0.717, 1.165) is 38.5 Å². The first-order valence-corrected chi connectivity index (χ1v) is 8.17. The second-order valence-electron chi connectivity index (χ2n) is 6.23. The van der Waals surface area contributed by atoms with Crippen LogP contribution < -0.4 is 0 Å². The van der Waals surface area contributed by atoms with Crippen LogP contribution in [-0.2, 0) is 19.1 Å². The van der Waals surface area contributed by atoms with Crippen LogP contribution in [0.4, 0.5) is 0 Å². The van der Waals surface area contributed by atoms with Gasteiger partial charge in [0.05, 0.1) is 0 Å². The molecule has 0 aliphatic carbocycles. The summed E-state index contributed by atoms with van der Waals surface area (Å²) in [6, 6.07) is 0. The Morgan fingerprint density at radius 2 is 1.10 bits per heavy atom. The molecule has 0 radical (unpaired) electrons. The number of ether oxygens (including phenoxy) is 2. The lowest BCUT2D eigenvalue weighted by Crippen LogP contribution is -2.34. The van der Waals surface area contributed by atoms with Gasteiger partial charge in [-0.2, -0.15) is 0 Å². The topological polar surface area (TPSA) is 52.6 Å². The van der Waals surface area contributed by atoms with E-state index in [1.54, 1.807) is 0 Å². The largest absolute Gasteiger partial charge is 0.459 e. The van der Waals surface area contributed by atoms with Crippen LogP contribution in [-0.4, -0.2) is 23.1 Å². The molecule has 0 heterocycles. The third kappa shape index (κ3) is 7.49. The van der Waals surface area contributed by atoms with E-state index in [1.165, 1.54) is 0 Å². The van der Waals surface area contributed by atoms with Crippen LogP contribution in [0, 0.1) is 0 Å². The number of esters is 2. The Bertz CT molecular complexity index is 308. The van der Waals surface area contributed by atoms with Gasteiger partial charge >= 0.3 is 11.9 Å². The van der Waals surface area contributed by atoms with E-state index in [1.807, 2.05) is 41.5 Å². The summed E-state index contributed by atoms with van der Waals surface area (Å²) in [6.07, 6.45) is 4.64. The van der Waals surface area contributed by atoms with Crippen molar-refractivity contribution in [3.05, 3.63) is 0 Å². The minimum absolute atomic E-state index is 0.307. The van der Waals surface area contributed by atoms with Crippen molar-refractivity contribution < 1.29 is 19.1 Å². The highest BCUT2D eigenvalue weighted by Gasteiger charge is 2.30. The van der Waals surface area contributed by atoms with E-state index in [-0.39, 0.29) is 6.42 Å². The Kier molecular flexibility index (Phi) is 8.60. The van der Waals surface area contributed by atoms with Gasteiger partial charge in [0.15, 0.2) is 0 Å². The number of hydrogen-bond donors (Lipinski definition) is 0. The zero-order chi connectivity index (χ0) is 16.5. The third-order valence-electron chi connectivity index (χ3n) is 4.06. The molecule has 0 aromatic rings. The molecule has 0 aliphatic rings. The van der Waals surface area contributed by atoms with E-state index in [2.05, 4.69) is 0 Å². The van der Waals surface area contributed by atoms with Crippen LogP contribution in [0.3, 0.4) is 0 Å². The molecule has 0 spiro atoms. The molecule has 4 heteroatoms. The highest BCUT2D eigenvalue weighted by molar-refractivity contribution is 5.91. The Morgan fingerprint density at radius 3 is 1.33 bits per heavy atom. The van der Waals surface area contributed by atoms with Gasteiger partial charge in [0, 0.05) is 0 Å². The van der Waals surface area contributed by atoms with Crippen molar-refractivity contribution in [2.24, 2.45) is 0 Å². The highest BCUT2D eigenvalue weighted by atomic mass is 16.6. The SMILES string of the molecule is CCCC(C)(CC)OC(=O)CC(=O)OC(C)(CC)CCC. The van der Waals surface area contributed by atoms with Crippen molar-refractivity contribution in [2.75, 3.05) is 0 Å². The van der Waals surface area contributed by atoms with Crippen LogP contribution in [0.2, 0.25) is 0 Å². The fourth-order valence-corrected chi connectivity index (χ4v) is 2.40. The maximum absolute atomic E-state index is 11.9. The second-order valence-corrected chi connectivity index (χ2v) is 6.23.